The molecule has 3 aliphatic rings. The Bertz CT molecular complexity index is 91.9. The summed E-state index contributed by atoms with van der Waals surface area (Å²) in [5, 5.41) is 0. The maximum Gasteiger partial charge on any atom is 0.0168 e. The molecule has 0 atom stereocenters. The molecule has 0 saturated heterocycles. The van der Waals surface area contributed by atoms with Crippen molar-refractivity contribution in [3.63, 3.8) is 0 Å². The molecule has 0 amide bonds. The summed E-state index contributed by atoms with van der Waals surface area (Å²) in [6.07, 6.45) is 4.64. The highest BCUT2D eigenvalue weighted by atomic mass is 32.2. The third-order valence-electron chi connectivity index (χ3n) is 2.43. The average Bonchev–Trinajstić information content (AvgIpc) is 1.50. The molecule has 3 fully saturated rings. The predicted octanol–water partition coefficient (Wildman–Crippen LogP) is 2.29. The fourth-order valence-corrected chi connectivity index (χ4v) is 3.55. The molecule has 3 saturated carbocycles. The zero-order valence-electron chi connectivity index (χ0n) is 5.31. The van der Waals surface area contributed by atoms with Crippen LogP contribution < -0.4 is 0 Å². The number of rotatable bonds is 2. The van der Waals surface area contributed by atoms with Crippen LogP contribution in [0.15, 0.2) is 0 Å². The molecular formula is C7H12S. The van der Waals surface area contributed by atoms with Crippen LogP contribution in [0.4, 0.5) is 0 Å². The van der Waals surface area contributed by atoms with Gasteiger partial charge in [0.25, 0.3) is 0 Å². The van der Waals surface area contributed by atoms with Crippen LogP contribution in [0.1, 0.15) is 26.2 Å². The molecule has 0 N–H and O–H groups in total. The highest BCUT2D eigenvalue weighted by Gasteiger charge is 2.56. The quantitative estimate of drug-likeness (QED) is 0.550. The van der Waals surface area contributed by atoms with E-state index in [4.69, 9.17) is 0 Å². The second-order valence-corrected chi connectivity index (χ2v) is 4.83. The number of thioether (sulfide) groups is 1. The zero-order valence-corrected chi connectivity index (χ0v) is 6.13. The molecule has 0 unspecified atom stereocenters. The summed E-state index contributed by atoms with van der Waals surface area (Å²) in [6.45, 7) is 2.27. The predicted molar refractivity (Wildman–Crippen MR) is 38.2 cm³/mol. The normalized spacial score (nSPS) is 49.9. The summed E-state index contributed by atoms with van der Waals surface area (Å²) in [4.78, 5) is 0. The lowest BCUT2D eigenvalue weighted by Gasteiger charge is -2.61. The van der Waals surface area contributed by atoms with E-state index in [1.54, 1.807) is 19.3 Å². The van der Waals surface area contributed by atoms with Crippen LogP contribution >= 0.6 is 11.8 Å². The molecule has 3 aliphatic carbocycles. The Morgan fingerprint density at radius 3 is 2.25 bits per heavy atom. The lowest BCUT2D eigenvalue weighted by molar-refractivity contribution is 0.0581. The van der Waals surface area contributed by atoms with Crippen molar-refractivity contribution in [2.45, 2.75) is 30.9 Å². The Hall–Kier alpha value is 0.350. The van der Waals surface area contributed by atoms with Crippen LogP contribution in [0.25, 0.3) is 0 Å². The van der Waals surface area contributed by atoms with Crippen LogP contribution in [0.5, 0.6) is 0 Å². The first-order valence-electron chi connectivity index (χ1n) is 3.49. The smallest absolute Gasteiger partial charge is 0.0168 e. The van der Waals surface area contributed by atoms with Crippen LogP contribution in [0.3, 0.4) is 0 Å². The van der Waals surface area contributed by atoms with E-state index < -0.39 is 0 Å². The minimum absolute atomic E-state index is 0.833. The maximum absolute atomic E-state index is 2.27. The van der Waals surface area contributed by atoms with Crippen molar-refractivity contribution < 1.29 is 0 Å². The molecule has 2 bridgehead atoms. The van der Waals surface area contributed by atoms with Gasteiger partial charge in [-0.15, -0.1) is 0 Å². The maximum atomic E-state index is 2.27. The van der Waals surface area contributed by atoms with Gasteiger partial charge in [-0.1, -0.05) is 6.92 Å². The fourth-order valence-electron chi connectivity index (χ4n) is 1.88. The zero-order chi connectivity index (χ0) is 5.61. The van der Waals surface area contributed by atoms with Gasteiger partial charge in [0.2, 0.25) is 0 Å². The van der Waals surface area contributed by atoms with Crippen molar-refractivity contribution >= 4 is 11.8 Å². The van der Waals surface area contributed by atoms with Gasteiger partial charge in [-0.05, 0) is 30.9 Å². The van der Waals surface area contributed by atoms with Crippen molar-refractivity contribution in [2.24, 2.45) is 5.92 Å². The summed E-state index contributed by atoms with van der Waals surface area (Å²) in [7, 11) is 0. The summed E-state index contributed by atoms with van der Waals surface area (Å²) in [5.74, 6) is 2.49. The van der Waals surface area contributed by atoms with Gasteiger partial charge in [0.05, 0.1) is 0 Å². The van der Waals surface area contributed by atoms with Crippen molar-refractivity contribution in [1.29, 1.82) is 0 Å². The standard InChI is InChI=1S/C7H12S/c1-2-8-7-3-6(4-7)5-7/h6H,2-5H2,1H3. The van der Waals surface area contributed by atoms with Crippen LogP contribution in [-0.4, -0.2) is 10.5 Å². The first-order chi connectivity index (χ1) is 3.85. The van der Waals surface area contributed by atoms with Gasteiger partial charge in [-0.25, -0.2) is 0 Å². The molecule has 3 rings (SSSR count). The molecule has 0 aliphatic heterocycles. The molecule has 0 radical (unpaired) electrons. The molecule has 46 valence electrons. The summed E-state index contributed by atoms with van der Waals surface area (Å²) in [5.41, 5.74) is 0. The molecule has 0 nitrogen and oxygen atoms in total. The molecule has 0 spiro atoms. The van der Waals surface area contributed by atoms with Crippen molar-refractivity contribution in [1.82, 2.24) is 0 Å². The van der Waals surface area contributed by atoms with E-state index in [1.165, 1.54) is 5.75 Å². The Morgan fingerprint density at radius 1 is 1.50 bits per heavy atom. The van der Waals surface area contributed by atoms with Gasteiger partial charge >= 0.3 is 0 Å². The summed E-state index contributed by atoms with van der Waals surface area (Å²) < 4.78 is 0.833. The van der Waals surface area contributed by atoms with Crippen LogP contribution in [0.2, 0.25) is 0 Å². The minimum atomic E-state index is 0.833. The Balaban J connectivity index is 1.87. The summed E-state index contributed by atoms with van der Waals surface area (Å²) >= 11 is 2.19. The van der Waals surface area contributed by atoms with E-state index in [-0.39, 0.29) is 0 Å². The third kappa shape index (κ3) is 0.485. The largest absolute Gasteiger partial charge is 0.155 e. The van der Waals surface area contributed by atoms with Gasteiger partial charge in [-0.2, -0.15) is 11.8 Å². The Morgan fingerprint density at radius 2 is 2.12 bits per heavy atom. The van der Waals surface area contributed by atoms with E-state index in [2.05, 4.69) is 18.7 Å². The van der Waals surface area contributed by atoms with Crippen molar-refractivity contribution in [2.75, 3.05) is 5.75 Å². The summed E-state index contributed by atoms with van der Waals surface area (Å²) in [6, 6.07) is 0. The molecule has 0 aromatic rings. The van der Waals surface area contributed by atoms with Crippen LogP contribution in [0, 0.1) is 5.92 Å². The Labute approximate surface area is 55.0 Å². The van der Waals surface area contributed by atoms with Crippen molar-refractivity contribution in [3.8, 4) is 0 Å². The SMILES string of the molecule is CCSC12CC(C1)C2. The van der Waals surface area contributed by atoms with E-state index in [9.17, 15) is 0 Å². The first-order valence-corrected chi connectivity index (χ1v) is 4.47. The van der Waals surface area contributed by atoms with E-state index >= 15 is 0 Å². The van der Waals surface area contributed by atoms with E-state index in [0.717, 1.165) is 10.7 Å². The molecule has 8 heavy (non-hydrogen) atoms. The lowest BCUT2D eigenvalue weighted by atomic mass is 9.55. The highest BCUT2D eigenvalue weighted by Crippen LogP contribution is 2.64. The van der Waals surface area contributed by atoms with Crippen LogP contribution in [-0.2, 0) is 0 Å². The number of hydrogen-bond donors (Lipinski definition) is 0. The Kier molecular flexibility index (Phi) is 0.928. The van der Waals surface area contributed by atoms with Gasteiger partial charge < -0.3 is 0 Å². The molecule has 0 aromatic carbocycles. The molecule has 0 aromatic heterocycles. The minimum Gasteiger partial charge on any atom is -0.155 e. The topological polar surface area (TPSA) is 0 Å². The average molecular weight is 128 g/mol. The second-order valence-electron chi connectivity index (χ2n) is 3.09. The van der Waals surface area contributed by atoms with Gasteiger partial charge in [0, 0.05) is 4.75 Å². The van der Waals surface area contributed by atoms with Gasteiger partial charge in [-0.3, -0.25) is 0 Å². The monoisotopic (exact) mass is 128 g/mol. The highest BCUT2D eigenvalue weighted by molar-refractivity contribution is 8.00. The van der Waals surface area contributed by atoms with Gasteiger partial charge in [0.15, 0.2) is 0 Å². The van der Waals surface area contributed by atoms with E-state index in [0.29, 0.717) is 0 Å². The van der Waals surface area contributed by atoms with Crippen molar-refractivity contribution in [3.05, 3.63) is 0 Å². The third-order valence-corrected chi connectivity index (χ3v) is 3.83. The molecule has 1 heteroatoms. The van der Waals surface area contributed by atoms with E-state index in [1.807, 2.05) is 0 Å². The molecule has 0 heterocycles. The second kappa shape index (κ2) is 1.44. The molecular weight excluding hydrogens is 116 g/mol. The van der Waals surface area contributed by atoms with Gasteiger partial charge in [0.1, 0.15) is 0 Å². The number of hydrogen-bond acceptors (Lipinski definition) is 1. The lowest BCUT2D eigenvalue weighted by Crippen LogP contribution is -2.55. The fraction of sp³-hybridized carbons (Fsp3) is 1.00. The first kappa shape index (κ1) is 5.16.